The lowest BCUT2D eigenvalue weighted by atomic mass is 9.98. The van der Waals surface area contributed by atoms with E-state index in [0.717, 1.165) is 25.4 Å². The summed E-state index contributed by atoms with van der Waals surface area (Å²) < 4.78 is 0. The second kappa shape index (κ2) is 6.01. The zero-order valence-corrected chi connectivity index (χ0v) is 8.55. The van der Waals surface area contributed by atoms with Crippen LogP contribution in [0.4, 0.5) is 0 Å². The van der Waals surface area contributed by atoms with Crippen LogP contribution in [-0.4, -0.2) is 38.1 Å². The highest BCUT2D eigenvalue weighted by Crippen LogP contribution is 2.15. The molecule has 1 N–H and O–H groups in total. The molecule has 1 heterocycles. The van der Waals surface area contributed by atoms with Crippen molar-refractivity contribution in [3.63, 3.8) is 0 Å². The van der Waals surface area contributed by atoms with Gasteiger partial charge in [0.25, 0.3) is 0 Å². The topological polar surface area (TPSA) is 15.3 Å². The Kier molecular flexibility index (Phi) is 4.88. The van der Waals surface area contributed by atoms with Gasteiger partial charge in [-0.15, -0.1) is 12.3 Å². The summed E-state index contributed by atoms with van der Waals surface area (Å²) in [6.07, 6.45) is 8.84. The van der Waals surface area contributed by atoms with E-state index in [1.165, 1.54) is 25.9 Å². The number of piperidine rings is 1. The predicted octanol–water partition coefficient (Wildman–Crippen LogP) is 0.941. The molecule has 0 aliphatic carbocycles. The predicted molar refractivity (Wildman–Crippen MR) is 56.5 cm³/mol. The molecule has 0 saturated carbocycles. The number of nitrogens with one attached hydrogen (secondary N) is 1. The average Bonchev–Trinajstić information content (AvgIpc) is 2.16. The summed E-state index contributed by atoms with van der Waals surface area (Å²) in [5.41, 5.74) is 0. The van der Waals surface area contributed by atoms with Crippen molar-refractivity contribution in [2.24, 2.45) is 5.92 Å². The summed E-state index contributed by atoms with van der Waals surface area (Å²) in [5, 5.41) is 3.25. The van der Waals surface area contributed by atoms with Crippen molar-refractivity contribution in [3.05, 3.63) is 0 Å². The molecule has 2 nitrogen and oxygen atoms in total. The van der Waals surface area contributed by atoms with Gasteiger partial charge in [-0.2, -0.15) is 0 Å². The highest BCUT2D eigenvalue weighted by atomic mass is 15.1. The first-order valence-electron chi connectivity index (χ1n) is 5.17. The van der Waals surface area contributed by atoms with Crippen LogP contribution in [0.15, 0.2) is 0 Å². The average molecular weight is 180 g/mol. The van der Waals surface area contributed by atoms with Crippen LogP contribution in [0.25, 0.3) is 0 Å². The molecule has 1 unspecified atom stereocenters. The van der Waals surface area contributed by atoms with E-state index in [0.29, 0.717) is 0 Å². The van der Waals surface area contributed by atoms with E-state index in [1.54, 1.807) is 0 Å². The molecule has 0 amide bonds. The number of hydrogen-bond acceptors (Lipinski definition) is 2. The fraction of sp³-hybridized carbons (Fsp3) is 0.818. The molecule has 0 aromatic rings. The Morgan fingerprint density at radius 3 is 3.15 bits per heavy atom. The zero-order valence-electron chi connectivity index (χ0n) is 8.55. The molecule has 2 heteroatoms. The van der Waals surface area contributed by atoms with Crippen LogP contribution >= 0.6 is 0 Å². The van der Waals surface area contributed by atoms with Gasteiger partial charge in [0, 0.05) is 19.5 Å². The summed E-state index contributed by atoms with van der Waals surface area (Å²) in [5.74, 6) is 3.53. The maximum Gasteiger partial charge on any atom is 0.0214 e. The van der Waals surface area contributed by atoms with Gasteiger partial charge in [0.2, 0.25) is 0 Å². The molecule has 74 valence electrons. The highest BCUT2D eigenvalue weighted by molar-refractivity contribution is 4.86. The van der Waals surface area contributed by atoms with Gasteiger partial charge in [0.1, 0.15) is 0 Å². The minimum absolute atomic E-state index is 0.830. The van der Waals surface area contributed by atoms with E-state index in [2.05, 4.69) is 16.1 Å². The van der Waals surface area contributed by atoms with Crippen LogP contribution in [0.3, 0.4) is 0 Å². The van der Waals surface area contributed by atoms with E-state index in [1.807, 2.05) is 7.05 Å². The molecule has 1 aliphatic heterocycles. The Bertz CT molecular complexity index is 169. The number of terminal acetylenes is 1. The molecule has 0 radical (unpaired) electrons. The van der Waals surface area contributed by atoms with Crippen LogP contribution in [0.1, 0.15) is 19.3 Å². The Balaban J connectivity index is 2.21. The minimum atomic E-state index is 0.830. The largest absolute Gasteiger partial charge is 0.319 e. The molecule has 0 spiro atoms. The molecule has 0 aromatic heterocycles. The first-order chi connectivity index (χ1) is 6.36. The van der Waals surface area contributed by atoms with E-state index >= 15 is 0 Å². The summed E-state index contributed by atoms with van der Waals surface area (Å²) in [6, 6.07) is 0. The zero-order chi connectivity index (χ0) is 9.52. The van der Waals surface area contributed by atoms with Gasteiger partial charge in [-0.1, -0.05) is 0 Å². The van der Waals surface area contributed by atoms with Crippen molar-refractivity contribution in [2.45, 2.75) is 19.3 Å². The van der Waals surface area contributed by atoms with Crippen molar-refractivity contribution in [3.8, 4) is 12.3 Å². The Morgan fingerprint density at radius 1 is 1.62 bits per heavy atom. The number of hydrogen-bond donors (Lipinski definition) is 1. The quantitative estimate of drug-likeness (QED) is 0.648. The fourth-order valence-electron chi connectivity index (χ4n) is 2.03. The van der Waals surface area contributed by atoms with Crippen molar-refractivity contribution in [2.75, 3.05) is 33.2 Å². The SMILES string of the molecule is C#CCCN1CCCC(CNC)C1. The number of likely N-dealkylation sites (tertiary alicyclic amines) is 1. The molecular weight excluding hydrogens is 160 g/mol. The molecule has 1 aliphatic rings. The van der Waals surface area contributed by atoms with Crippen LogP contribution in [-0.2, 0) is 0 Å². The fourth-order valence-corrected chi connectivity index (χ4v) is 2.03. The third kappa shape index (κ3) is 3.80. The van der Waals surface area contributed by atoms with Crippen LogP contribution in [0.5, 0.6) is 0 Å². The number of rotatable bonds is 4. The van der Waals surface area contributed by atoms with Gasteiger partial charge in [0.05, 0.1) is 0 Å². The van der Waals surface area contributed by atoms with Gasteiger partial charge < -0.3 is 10.2 Å². The van der Waals surface area contributed by atoms with Crippen molar-refractivity contribution < 1.29 is 0 Å². The molecule has 0 aromatic carbocycles. The normalized spacial score (nSPS) is 24.2. The van der Waals surface area contributed by atoms with Gasteiger partial charge in [0.15, 0.2) is 0 Å². The van der Waals surface area contributed by atoms with Crippen molar-refractivity contribution >= 4 is 0 Å². The van der Waals surface area contributed by atoms with E-state index in [4.69, 9.17) is 6.42 Å². The first-order valence-corrected chi connectivity index (χ1v) is 5.17. The summed E-state index contributed by atoms with van der Waals surface area (Å²) in [6.45, 7) is 4.69. The lowest BCUT2D eigenvalue weighted by Crippen LogP contribution is -2.39. The Hall–Kier alpha value is -0.520. The second-order valence-corrected chi connectivity index (χ2v) is 3.82. The lowest BCUT2D eigenvalue weighted by Gasteiger charge is -2.32. The standard InChI is InChI=1S/C11H20N2/c1-3-4-7-13-8-5-6-11(10-13)9-12-2/h1,11-12H,4-10H2,2H3. The van der Waals surface area contributed by atoms with Crippen LogP contribution in [0, 0.1) is 18.3 Å². The van der Waals surface area contributed by atoms with Crippen LogP contribution in [0.2, 0.25) is 0 Å². The summed E-state index contributed by atoms with van der Waals surface area (Å²) in [7, 11) is 2.03. The maximum absolute atomic E-state index is 5.25. The first kappa shape index (κ1) is 10.6. The van der Waals surface area contributed by atoms with Crippen molar-refractivity contribution in [1.82, 2.24) is 10.2 Å². The van der Waals surface area contributed by atoms with Crippen LogP contribution < -0.4 is 5.32 Å². The minimum Gasteiger partial charge on any atom is -0.319 e. The smallest absolute Gasteiger partial charge is 0.0214 e. The van der Waals surface area contributed by atoms with Gasteiger partial charge in [-0.3, -0.25) is 0 Å². The van der Waals surface area contributed by atoms with E-state index in [-0.39, 0.29) is 0 Å². The monoisotopic (exact) mass is 180 g/mol. The summed E-state index contributed by atoms with van der Waals surface area (Å²) in [4.78, 5) is 2.49. The molecule has 1 fully saturated rings. The molecule has 1 rings (SSSR count). The molecule has 0 bridgehead atoms. The molecule has 1 atom stereocenters. The second-order valence-electron chi connectivity index (χ2n) is 3.82. The van der Waals surface area contributed by atoms with Gasteiger partial charge >= 0.3 is 0 Å². The Morgan fingerprint density at radius 2 is 2.46 bits per heavy atom. The molecule has 13 heavy (non-hydrogen) atoms. The van der Waals surface area contributed by atoms with Gasteiger partial charge in [-0.05, 0) is 38.9 Å². The van der Waals surface area contributed by atoms with Crippen molar-refractivity contribution in [1.29, 1.82) is 0 Å². The maximum atomic E-state index is 5.25. The number of nitrogens with zero attached hydrogens (tertiary/aromatic N) is 1. The van der Waals surface area contributed by atoms with E-state index < -0.39 is 0 Å². The third-order valence-corrected chi connectivity index (χ3v) is 2.67. The Labute approximate surface area is 81.7 Å². The van der Waals surface area contributed by atoms with Gasteiger partial charge in [-0.25, -0.2) is 0 Å². The third-order valence-electron chi connectivity index (χ3n) is 2.67. The molecule has 1 saturated heterocycles. The summed E-state index contributed by atoms with van der Waals surface area (Å²) >= 11 is 0. The lowest BCUT2D eigenvalue weighted by molar-refractivity contribution is 0.177. The highest BCUT2D eigenvalue weighted by Gasteiger charge is 2.18. The molecular formula is C11H20N2. The van der Waals surface area contributed by atoms with E-state index in [9.17, 15) is 0 Å².